The first kappa shape index (κ1) is 33.1. The van der Waals surface area contributed by atoms with Crippen molar-refractivity contribution in [1.82, 2.24) is 20.2 Å². The number of nitrogens with one attached hydrogen (secondary N) is 2. The number of ether oxygens (including phenoxy) is 1. The number of carbonyl (C=O) groups is 2. The summed E-state index contributed by atoms with van der Waals surface area (Å²) in [6.45, 7) is 13.4. The summed E-state index contributed by atoms with van der Waals surface area (Å²) in [5.41, 5.74) is 2.51. The van der Waals surface area contributed by atoms with Crippen LogP contribution in [0.1, 0.15) is 44.7 Å². The van der Waals surface area contributed by atoms with Gasteiger partial charge in [0.1, 0.15) is 17.2 Å². The highest BCUT2D eigenvalue weighted by atomic mass is 16.6. The van der Waals surface area contributed by atoms with E-state index < -0.39 is 6.04 Å². The van der Waals surface area contributed by atoms with Gasteiger partial charge in [-0.2, -0.15) is 4.98 Å². The molecule has 1 aliphatic rings. The summed E-state index contributed by atoms with van der Waals surface area (Å²) >= 11 is 0. The average molecular weight is 616 g/mol. The van der Waals surface area contributed by atoms with E-state index in [1.807, 2.05) is 68.1 Å². The van der Waals surface area contributed by atoms with E-state index in [2.05, 4.69) is 22.2 Å². The highest BCUT2D eigenvalue weighted by molar-refractivity contribution is 5.94. The molecule has 0 saturated carbocycles. The zero-order valence-corrected chi connectivity index (χ0v) is 26.5. The van der Waals surface area contributed by atoms with E-state index >= 15 is 0 Å². The summed E-state index contributed by atoms with van der Waals surface area (Å²) in [7, 11) is 0. The van der Waals surface area contributed by atoms with Gasteiger partial charge < -0.3 is 30.3 Å². The molecule has 11 heteroatoms. The highest BCUT2D eigenvalue weighted by Crippen LogP contribution is 2.28. The predicted molar refractivity (Wildman–Crippen MR) is 178 cm³/mol. The molecule has 2 aromatic carbocycles. The topological polar surface area (TPSA) is 123 Å². The van der Waals surface area contributed by atoms with Gasteiger partial charge in [0.2, 0.25) is 5.95 Å². The van der Waals surface area contributed by atoms with Gasteiger partial charge in [-0.25, -0.2) is 14.6 Å². The van der Waals surface area contributed by atoms with Crippen molar-refractivity contribution in [2.24, 2.45) is 0 Å². The lowest BCUT2D eigenvalue weighted by Crippen LogP contribution is -2.41. The Hall–Kier alpha value is -4.80. The Labute approximate surface area is 265 Å². The number of aromatic nitrogens is 2. The van der Waals surface area contributed by atoms with Gasteiger partial charge in [0, 0.05) is 39.3 Å². The van der Waals surface area contributed by atoms with Gasteiger partial charge in [-0.05, 0) is 69.7 Å². The Morgan fingerprint density at radius 3 is 2.31 bits per heavy atom. The minimum Gasteiger partial charge on any atom is -0.511 e. The number of benzene rings is 2. The van der Waals surface area contributed by atoms with Crippen LogP contribution in [0.5, 0.6) is 5.75 Å². The van der Waals surface area contributed by atoms with Crippen LogP contribution in [0.3, 0.4) is 0 Å². The number of aliphatic hydroxyl groups is 1. The maximum absolute atomic E-state index is 13.4. The molecule has 2 heterocycles. The molecule has 0 aliphatic carbocycles. The molecule has 0 unspecified atom stereocenters. The Morgan fingerprint density at radius 1 is 1.00 bits per heavy atom. The smallest absolute Gasteiger partial charge is 0.415 e. The van der Waals surface area contributed by atoms with Crippen molar-refractivity contribution in [3.8, 4) is 5.75 Å². The summed E-state index contributed by atoms with van der Waals surface area (Å²) < 4.78 is 5.53. The zero-order valence-electron chi connectivity index (χ0n) is 26.5. The third-order valence-corrected chi connectivity index (χ3v) is 7.83. The first-order valence-corrected chi connectivity index (χ1v) is 15.7. The number of hydrogen-bond donors (Lipinski definition) is 3. The van der Waals surface area contributed by atoms with Crippen molar-refractivity contribution >= 4 is 29.6 Å². The first-order valence-electron chi connectivity index (χ1n) is 15.7. The molecule has 240 valence electrons. The zero-order chi connectivity index (χ0) is 32.2. The first-order chi connectivity index (χ1) is 21.8. The quantitative estimate of drug-likeness (QED) is 0.195. The lowest BCUT2D eigenvalue weighted by molar-refractivity contribution is 0.162. The maximum Gasteiger partial charge on any atom is 0.415 e. The summed E-state index contributed by atoms with van der Waals surface area (Å²) in [5.74, 6) is 1.30. The van der Waals surface area contributed by atoms with Crippen molar-refractivity contribution < 1.29 is 19.4 Å². The van der Waals surface area contributed by atoms with E-state index in [9.17, 15) is 14.7 Å². The van der Waals surface area contributed by atoms with Crippen LogP contribution in [-0.4, -0.2) is 77.4 Å². The van der Waals surface area contributed by atoms with E-state index in [0.717, 1.165) is 24.0 Å². The normalized spacial score (nSPS) is 13.2. The average Bonchev–Trinajstić information content (AvgIpc) is 3.59. The fourth-order valence-corrected chi connectivity index (χ4v) is 5.22. The van der Waals surface area contributed by atoms with E-state index in [0.29, 0.717) is 75.3 Å². The molecule has 1 saturated heterocycles. The number of nitrogens with zero attached hydrogens (tertiary/aromatic N) is 5. The molecule has 3 aromatic rings. The largest absolute Gasteiger partial charge is 0.511 e. The SMILES string of the molecule is C=C(O)[C@H](Cc1ccc(OC(=O)N2CCCC2)cc1)Nc1nc(N(CC)CC)ncc1N(CC)C(=O)NCCc1ccccc1. The number of urea groups is 1. The fourth-order valence-electron chi connectivity index (χ4n) is 5.22. The molecule has 1 aromatic heterocycles. The standard InChI is InChI=1S/C34H45N7O4/c1-5-39(6-2)32-36-24-30(41(7-3)33(43)35-20-19-26-13-9-8-10-14-26)31(38-32)37-29(25(4)42)23-27-15-17-28(18-16-27)45-34(44)40-21-11-12-22-40/h8-10,13-18,24,29,42H,4-7,11-12,19-23H2,1-3H3,(H,35,43)(H,36,37,38)/t29-/m0/s1. The second-order valence-electron chi connectivity index (χ2n) is 10.9. The lowest BCUT2D eigenvalue weighted by Gasteiger charge is -2.27. The van der Waals surface area contributed by atoms with Gasteiger partial charge in [0.25, 0.3) is 0 Å². The highest BCUT2D eigenvalue weighted by Gasteiger charge is 2.24. The van der Waals surface area contributed by atoms with Crippen molar-refractivity contribution in [3.63, 3.8) is 0 Å². The summed E-state index contributed by atoms with van der Waals surface area (Å²) in [5, 5.41) is 17.0. The van der Waals surface area contributed by atoms with Crippen LogP contribution in [0.2, 0.25) is 0 Å². The van der Waals surface area contributed by atoms with Crippen LogP contribution in [-0.2, 0) is 12.8 Å². The monoisotopic (exact) mass is 615 g/mol. The van der Waals surface area contributed by atoms with Crippen molar-refractivity contribution in [2.75, 3.05) is 54.4 Å². The van der Waals surface area contributed by atoms with Gasteiger partial charge in [-0.1, -0.05) is 49.0 Å². The molecule has 45 heavy (non-hydrogen) atoms. The second kappa shape index (κ2) is 16.3. The number of anilines is 3. The van der Waals surface area contributed by atoms with Crippen LogP contribution in [0.25, 0.3) is 0 Å². The van der Waals surface area contributed by atoms with E-state index in [1.165, 1.54) is 0 Å². The Bertz CT molecular complexity index is 1410. The molecule has 0 radical (unpaired) electrons. The van der Waals surface area contributed by atoms with Gasteiger partial charge in [0.05, 0.1) is 12.2 Å². The molecular formula is C34H45N7O4. The summed E-state index contributed by atoms with van der Waals surface area (Å²) in [6, 6.07) is 16.3. The Balaban J connectivity index is 1.51. The maximum atomic E-state index is 13.4. The summed E-state index contributed by atoms with van der Waals surface area (Å²) in [6.07, 6.45) is 4.36. The van der Waals surface area contributed by atoms with Crippen molar-refractivity contribution in [1.29, 1.82) is 0 Å². The van der Waals surface area contributed by atoms with Crippen LogP contribution >= 0.6 is 0 Å². The molecule has 0 bridgehead atoms. The lowest BCUT2D eigenvalue weighted by atomic mass is 10.0. The van der Waals surface area contributed by atoms with Crippen LogP contribution in [0.4, 0.5) is 27.0 Å². The number of carbonyl (C=O) groups excluding carboxylic acids is 2. The summed E-state index contributed by atoms with van der Waals surface area (Å²) in [4.78, 5) is 40.4. The number of hydrogen-bond acceptors (Lipinski definition) is 8. The minimum atomic E-state index is -0.624. The number of rotatable bonds is 14. The van der Waals surface area contributed by atoms with Crippen LogP contribution in [0.15, 0.2) is 73.1 Å². The van der Waals surface area contributed by atoms with Gasteiger partial charge in [-0.3, -0.25) is 4.90 Å². The predicted octanol–water partition coefficient (Wildman–Crippen LogP) is 5.79. The van der Waals surface area contributed by atoms with Gasteiger partial charge >= 0.3 is 12.1 Å². The number of likely N-dealkylation sites (tertiary alicyclic amines) is 1. The van der Waals surface area contributed by atoms with Gasteiger partial charge in [0.15, 0.2) is 5.82 Å². The Kier molecular flexibility index (Phi) is 12.0. The molecule has 1 aliphatic heterocycles. The molecule has 3 N–H and O–H groups in total. The van der Waals surface area contributed by atoms with E-state index in [-0.39, 0.29) is 17.9 Å². The minimum absolute atomic E-state index is 0.0798. The van der Waals surface area contributed by atoms with E-state index in [1.54, 1.807) is 28.1 Å². The Morgan fingerprint density at radius 2 is 1.69 bits per heavy atom. The van der Waals surface area contributed by atoms with Gasteiger partial charge in [-0.15, -0.1) is 0 Å². The van der Waals surface area contributed by atoms with Crippen molar-refractivity contribution in [3.05, 3.63) is 84.3 Å². The fraction of sp³-hybridized carbons (Fsp3) is 0.412. The third-order valence-electron chi connectivity index (χ3n) is 7.83. The molecule has 0 spiro atoms. The molecular weight excluding hydrogens is 570 g/mol. The van der Waals surface area contributed by atoms with Crippen LogP contribution < -0.4 is 25.2 Å². The molecule has 3 amide bonds. The molecule has 4 rings (SSSR count). The number of amides is 3. The second-order valence-corrected chi connectivity index (χ2v) is 10.9. The molecule has 11 nitrogen and oxygen atoms in total. The van der Waals surface area contributed by atoms with Crippen molar-refractivity contribution in [2.45, 2.75) is 52.5 Å². The molecule has 1 fully saturated rings. The van der Waals surface area contributed by atoms with Crippen LogP contribution in [0, 0.1) is 0 Å². The number of aliphatic hydroxyl groups excluding tert-OH is 1. The molecule has 1 atom stereocenters. The third kappa shape index (κ3) is 9.10. The van der Waals surface area contributed by atoms with E-state index in [4.69, 9.17) is 9.72 Å².